The fourth-order valence-corrected chi connectivity index (χ4v) is 3.20. The fraction of sp³-hybridized carbons (Fsp3) is 0.438. The average molecular weight is 404 g/mol. The highest BCUT2D eigenvalue weighted by Crippen LogP contribution is 2.26. The highest BCUT2D eigenvalue weighted by molar-refractivity contribution is 9.10. The van der Waals surface area contributed by atoms with Crippen LogP contribution in [0.3, 0.4) is 0 Å². The van der Waals surface area contributed by atoms with Crippen molar-refractivity contribution >= 4 is 15.9 Å². The van der Waals surface area contributed by atoms with Gasteiger partial charge in [0.15, 0.2) is 0 Å². The normalized spacial score (nSPS) is 19.6. The van der Waals surface area contributed by atoms with Gasteiger partial charge in [0, 0.05) is 30.0 Å². The Morgan fingerprint density at radius 3 is 2.92 bits per heavy atom. The first-order valence-corrected chi connectivity index (χ1v) is 8.36. The highest BCUT2D eigenvalue weighted by atomic mass is 79.9. The number of imidazole rings is 1. The molecule has 0 spiro atoms. The van der Waals surface area contributed by atoms with E-state index in [1.807, 2.05) is 24.3 Å². The molecule has 1 saturated heterocycles. The Hall–Kier alpha value is -1.38. The van der Waals surface area contributed by atoms with E-state index in [1.165, 1.54) is 12.4 Å². The van der Waals surface area contributed by atoms with Crippen LogP contribution in [-0.4, -0.2) is 40.3 Å². The lowest BCUT2D eigenvalue weighted by molar-refractivity contribution is -0.141. The number of halogens is 4. The molecule has 2 heterocycles. The molecule has 4 nitrogen and oxygen atoms in total. The summed E-state index contributed by atoms with van der Waals surface area (Å²) in [6.45, 7) is 1.19. The number of ether oxygens (including phenoxy) is 1. The van der Waals surface area contributed by atoms with E-state index in [4.69, 9.17) is 4.74 Å². The molecule has 1 fully saturated rings. The van der Waals surface area contributed by atoms with E-state index in [1.54, 1.807) is 0 Å². The van der Waals surface area contributed by atoms with Crippen molar-refractivity contribution in [1.82, 2.24) is 14.5 Å². The number of benzene rings is 1. The van der Waals surface area contributed by atoms with Crippen LogP contribution in [0.2, 0.25) is 0 Å². The second-order valence-corrected chi connectivity index (χ2v) is 6.65. The van der Waals surface area contributed by atoms with Crippen LogP contribution in [0.5, 0.6) is 0 Å². The summed E-state index contributed by atoms with van der Waals surface area (Å²) in [7, 11) is 0. The van der Waals surface area contributed by atoms with Crippen molar-refractivity contribution in [3.63, 3.8) is 0 Å². The van der Waals surface area contributed by atoms with E-state index in [0.717, 1.165) is 14.6 Å². The van der Waals surface area contributed by atoms with Crippen LogP contribution in [-0.2, 0) is 17.8 Å². The molecule has 1 unspecified atom stereocenters. The topological polar surface area (TPSA) is 30.3 Å². The van der Waals surface area contributed by atoms with Crippen LogP contribution in [0.15, 0.2) is 41.1 Å². The molecule has 0 radical (unpaired) electrons. The number of aromatic nitrogens is 2. The molecule has 2 aromatic rings. The number of nitrogens with zero attached hydrogens (tertiary/aromatic N) is 3. The molecular weight excluding hydrogens is 387 g/mol. The molecule has 0 bridgehead atoms. The van der Waals surface area contributed by atoms with Crippen LogP contribution in [0, 0.1) is 0 Å². The highest BCUT2D eigenvalue weighted by Gasteiger charge is 2.29. The van der Waals surface area contributed by atoms with Crippen molar-refractivity contribution in [2.24, 2.45) is 0 Å². The van der Waals surface area contributed by atoms with Gasteiger partial charge in [0.25, 0.3) is 0 Å². The Balaban J connectivity index is 1.67. The van der Waals surface area contributed by atoms with Gasteiger partial charge in [-0.25, -0.2) is 4.98 Å². The summed E-state index contributed by atoms with van der Waals surface area (Å²) >= 11 is 3.44. The van der Waals surface area contributed by atoms with Gasteiger partial charge in [-0.15, -0.1) is 0 Å². The van der Waals surface area contributed by atoms with Gasteiger partial charge in [0.2, 0.25) is 0 Å². The van der Waals surface area contributed by atoms with Gasteiger partial charge >= 0.3 is 6.18 Å². The van der Waals surface area contributed by atoms with Crippen molar-refractivity contribution < 1.29 is 17.9 Å². The van der Waals surface area contributed by atoms with Gasteiger partial charge in [-0.3, -0.25) is 4.90 Å². The summed E-state index contributed by atoms with van der Waals surface area (Å²) in [6.07, 6.45) is -1.57. The lowest BCUT2D eigenvalue weighted by Crippen LogP contribution is -2.38. The molecule has 0 aliphatic carbocycles. The Morgan fingerprint density at radius 1 is 1.33 bits per heavy atom. The van der Waals surface area contributed by atoms with Gasteiger partial charge in [-0.05, 0) is 17.7 Å². The maximum atomic E-state index is 12.6. The molecule has 0 N–H and O–H groups in total. The molecule has 3 rings (SSSR count). The Bertz CT molecular complexity index is 689. The van der Waals surface area contributed by atoms with Gasteiger partial charge in [-0.1, -0.05) is 28.1 Å². The smallest absolute Gasteiger partial charge is 0.371 e. The second kappa shape index (κ2) is 7.25. The van der Waals surface area contributed by atoms with Crippen LogP contribution in [0.25, 0.3) is 0 Å². The molecule has 24 heavy (non-hydrogen) atoms. The number of hydrogen-bond donors (Lipinski definition) is 0. The Morgan fingerprint density at radius 2 is 2.17 bits per heavy atom. The largest absolute Gasteiger partial charge is 0.406 e. The van der Waals surface area contributed by atoms with E-state index >= 15 is 0 Å². The quantitative estimate of drug-likeness (QED) is 0.777. The Labute approximate surface area is 146 Å². The van der Waals surface area contributed by atoms with Gasteiger partial charge in [0.1, 0.15) is 12.4 Å². The lowest BCUT2D eigenvalue weighted by atomic mass is 10.1. The van der Waals surface area contributed by atoms with Gasteiger partial charge < -0.3 is 9.30 Å². The molecule has 1 atom stereocenters. The van der Waals surface area contributed by atoms with E-state index in [9.17, 15) is 13.2 Å². The summed E-state index contributed by atoms with van der Waals surface area (Å²) in [5.74, 6) is 0.419. The number of hydrogen-bond acceptors (Lipinski definition) is 3. The standard InChI is InChI=1S/C16H17BrF3N3O/c17-13-3-1-2-12(8-13)14-9-22(6-7-24-14)10-15-21-4-5-23(15)11-16(18,19)20/h1-5,8,14H,6-7,9-11H2. The molecule has 1 aliphatic rings. The summed E-state index contributed by atoms with van der Waals surface area (Å²) in [6, 6.07) is 7.87. The zero-order chi connectivity index (χ0) is 17.2. The third kappa shape index (κ3) is 4.58. The number of morpholine rings is 1. The predicted octanol–water partition coefficient (Wildman–Crippen LogP) is 3.78. The van der Waals surface area contributed by atoms with Crippen LogP contribution in [0.1, 0.15) is 17.5 Å². The fourth-order valence-electron chi connectivity index (χ4n) is 2.78. The summed E-state index contributed by atoms with van der Waals surface area (Å²) < 4.78 is 45.8. The zero-order valence-electron chi connectivity index (χ0n) is 12.8. The van der Waals surface area contributed by atoms with Crippen molar-refractivity contribution in [2.45, 2.75) is 25.4 Å². The van der Waals surface area contributed by atoms with E-state index < -0.39 is 12.7 Å². The first-order chi connectivity index (χ1) is 11.4. The minimum Gasteiger partial charge on any atom is -0.371 e. The number of rotatable bonds is 4. The molecule has 130 valence electrons. The summed E-state index contributed by atoms with van der Waals surface area (Å²) in [5.41, 5.74) is 1.05. The van der Waals surface area contributed by atoms with Crippen molar-refractivity contribution in [3.8, 4) is 0 Å². The average Bonchev–Trinajstić information content (AvgIpc) is 2.92. The molecule has 1 aromatic carbocycles. The van der Waals surface area contributed by atoms with Gasteiger partial charge in [0.05, 0.1) is 19.3 Å². The monoisotopic (exact) mass is 403 g/mol. The first kappa shape index (κ1) is 17.4. The zero-order valence-corrected chi connectivity index (χ0v) is 14.4. The minimum atomic E-state index is -4.25. The third-order valence-electron chi connectivity index (χ3n) is 3.89. The maximum absolute atomic E-state index is 12.6. The molecule has 0 saturated carbocycles. The minimum absolute atomic E-state index is 0.0951. The maximum Gasteiger partial charge on any atom is 0.406 e. The van der Waals surface area contributed by atoms with Crippen LogP contribution < -0.4 is 0 Å². The first-order valence-electron chi connectivity index (χ1n) is 7.57. The van der Waals surface area contributed by atoms with Crippen LogP contribution >= 0.6 is 15.9 Å². The van der Waals surface area contributed by atoms with Crippen molar-refractivity contribution in [2.75, 3.05) is 19.7 Å². The van der Waals surface area contributed by atoms with Gasteiger partial charge in [-0.2, -0.15) is 13.2 Å². The molecule has 0 amide bonds. The summed E-state index contributed by atoms with van der Waals surface area (Å²) in [4.78, 5) is 6.15. The molecular formula is C16H17BrF3N3O. The Kier molecular flexibility index (Phi) is 5.27. The van der Waals surface area contributed by atoms with E-state index in [-0.39, 0.29) is 6.10 Å². The molecule has 8 heteroatoms. The SMILES string of the molecule is FC(F)(F)Cn1ccnc1CN1CCOC(c2cccc(Br)c2)C1. The second-order valence-electron chi connectivity index (χ2n) is 5.74. The third-order valence-corrected chi connectivity index (χ3v) is 4.38. The predicted molar refractivity (Wildman–Crippen MR) is 86.4 cm³/mol. The van der Waals surface area contributed by atoms with Crippen molar-refractivity contribution in [1.29, 1.82) is 0 Å². The molecule has 1 aromatic heterocycles. The van der Waals surface area contributed by atoms with E-state index in [0.29, 0.717) is 32.1 Å². The van der Waals surface area contributed by atoms with E-state index in [2.05, 4.69) is 25.8 Å². The number of alkyl halides is 3. The summed E-state index contributed by atoms with van der Waals surface area (Å²) in [5, 5.41) is 0. The lowest BCUT2D eigenvalue weighted by Gasteiger charge is -2.33. The van der Waals surface area contributed by atoms with Crippen molar-refractivity contribution in [3.05, 3.63) is 52.5 Å². The molecule has 1 aliphatic heterocycles. The van der Waals surface area contributed by atoms with Crippen LogP contribution in [0.4, 0.5) is 13.2 Å².